The molecule has 1 saturated heterocycles. The van der Waals surface area contributed by atoms with Gasteiger partial charge in [0.05, 0.1) is 23.7 Å². The Labute approximate surface area is 247 Å². The summed E-state index contributed by atoms with van der Waals surface area (Å²) < 4.78 is 26.9. The maximum Gasteiger partial charge on any atom is 0.410 e. The smallest absolute Gasteiger partial charge is 0.410 e. The molecule has 2 heterocycles. The maximum atomic E-state index is 15.8. The van der Waals surface area contributed by atoms with E-state index < -0.39 is 17.5 Å². The molecule has 1 aromatic heterocycles. The SMILES string of the molecule is COc1cc(-c2cccc(-c3ccnc(Cl)c3Cl)c2Cl)cc(F)c1CN(C[C@@H]1CCC(=O)N1)C(=O)OC(C)(C)C. The average molecular weight is 609 g/mol. The van der Waals surface area contributed by atoms with Crippen molar-refractivity contribution >= 4 is 46.8 Å². The van der Waals surface area contributed by atoms with Gasteiger partial charge in [0.1, 0.15) is 22.3 Å². The Kier molecular flexibility index (Phi) is 9.12. The molecule has 11 heteroatoms. The van der Waals surface area contributed by atoms with Crippen LogP contribution in [0.2, 0.25) is 15.2 Å². The van der Waals surface area contributed by atoms with E-state index in [-0.39, 0.29) is 46.5 Å². The van der Waals surface area contributed by atoms with Crippen LogP contribution in [-0.2, 0) is 16.1 Å². The monoisotopic (exact) mass is 607 g/mol. The van der Waals surface area contributed by atoms with Crippen molar-refractivity contribution in [3.05, 3.63) is 69.2 Å². The Morgan fingerprint density at radius 1 is 1.12 bits per heavy atom. The van der Waals surface area contributed by atoms with E-state index in [1.165, 1.54) is 24.3 Å². The molecule has 1 N–H and O–H groups in total. The van der Waals surface area contributed by atoms with Crippen LogP contribution in [0.5, 0.6) is 5.75 Å². The van der Waals surface area contributed by atoms with Gasteiger partial charge in [-0.2, -0.15) is 0 Å². The van der Waals surface area contributed by atoms with Gasteiger partial charge < -0.3 is 19.7 Å². The van der Waals surface area contributed by atoms with Crippen molar-refractivity contribution < 1.29 is 23.5 Å². The maximum absolute atomic E-state index is 15.8. The quantitative estimate of drug-likeness (QED) is 0.280. The van der Waals surface area contributed by atoms with Gasteiger partial charge in [-0.1, -0.05) is 53.0 Å². The van der Waals surface area contributed by atoms with Gasteiger partial charge in [-0.15, -0.1) is 0 Å². The molecule has 4 rings (SSSR count). The summed E-state index contributed by atoms with van der Waals surface area (Å²) >= 11 is 19.3. The molecular formula is C29H29Cl3FN3O4. The van der Waals surface area contributed by atoms with Crippen molar-refractivity contribution in [1.29, 1.82) is 0 Å². The summed E-state index contributed by atoms with van der Waals surface area (Å²) in [5, 5.41) is 3.58. The minimum atomic E-state index is -0.759. The first-order valence-electron chi connectivity index (χ1n) is 12.6. The molecule has 2 aromatic carbocycles. The van der Waals surface area contributed by atoms with Gasteiger partial charge >= 0.3 is 6.09 Å². The zero-order valence-electron chi connectivity index (χ0n) is 22.5. The zero-order valence-corrected chi connectivity index (χ0v) is 24.8. The summed E-state index contributed by atoms with van der Waals surface area (Å²) in [5.74, 6) is -0.452. The molecule has 0 spiro atoms. The van der Waals surface area contributed by atoms with E-state index in [0.29, 0.717) is 40.1 Å². The van der Waals surface area contributed by atoms with Crippen molar-refractivity contribution in [3.63, 3.8) is 0 Å². The first-order valence-corrected chi connectivity index (χ1v) is 13.7. The van der Waals surface area contributed by atoms with Gasteiger partial charge in [-0.05, 0) is 51.0 Å². The number of ether oxygens (including phenoxy) is 2. The molecule has 0 saturated carbocycles. The fraction of sp³-hybridized carbons (Fsp3) is 0.345. The molecule has 212 valence electrons. The number of rotatable bonds is 7. The third-order valence-corrected chi connectivity index (χ3v) is 7.52. The second-order valence-electron chi connectivity index (χ2n) is 10.4. The highest BCUT2D eigenvalue weighted by Crippen LogP contribution is 2.42. The molecule has 0 radical (unpaired) electrons. The number of methoxy groups -OCH3 is 1. The fourth-order valence-corrected chi connectivity index (χ4v) is 5.20. The number of amides is 2. The second kappa shape index (κ2) is 12.2. The van der Waals surface area contributed by atoms with Crippen molar-refractivity contribution in [2.45, 2.75) is 51.8 Å². The number of nitrogens with one attached hydrogen (secondary N) is 1. The lowest BCUT2D eigenvalue weighted by molar-refractivity contribution is -0.119. The molecule has 7 nitrogen and oxygen atoms in total. The van der Waals surface area contributed by atoms with Crippen LogP contribution in [0.15, 0.2) is 42.6 Å². The van der Waals surface area contributed by atoms with E-state index in [4.69, 9.17) is 44.3 Å². The fourth-order valence-electron chi connectivity index (χ4n) is 4.49. The number of pyridine rings is 1. The lowest BCUT2D eigenvalue weighted by Gasteiger charge is -2.30. The number of carbonyl (C=O) groups excluding carboxylic acids is 2. The first-order chi connectivity index (χ1) is 18.9. The summed E-state index contributed by atoms with van der Waals surface area (Å²) in [6.45, 7) is 5.29. The molecule has 1 atom stereocenters. The standard InChI is InChI=1S/C29H29Cl3FN3O4/c1-29(2,3)40-28(38)36(14-17-8-9-24(37)35-17)15-21-22(33)12-16(13-23(21)39-4)18-6-5-7-19(25(18)30)20-10-11-34-27(32)26(20)31/h5-7,10-13,17H,8-9,14-15H2,1-4H3,(H,35,37)/t17-/m0/s1. The number of hydrogen-bond acceptors (Lipinski definition) is 5. The number of hydrogen-bond donors (Lipinski definition) is 1. The van der Waals surface area contributed by atoms with Crippen molar-refractivity contribution in [2.75, 3.05) is 13.7 Å². The number of benzene rings is 2. The van der Waals surface area contributed by atoms with Gasteiger partial charge in [0.25, 0.3) is 0 Å². The Morgan fingerprint density at radius 2 is 1.82 bits per heavy atom. The van der Waals surface area contributed by atoms with E-state index >= 15 is 4.39 Å². The molecule has 1 aliphatic heterocycles. The van der Waals surface area contributed by atoms with Crippen molar-refractivity contribution in [3.8, 4) is 28.0 Å². The second-order valence-corrected chi connectivity index (χ2v) is 11.5. The minimum Gasteiger partial charge on any atom is -0.496 e. The number of nitrogens with zero attached hydrogens (tertiary/aromatic N) is 2. The van der Waals surface area contributed by atoms with Gasteiger partial charge in [0, 0.05) is 47.5 Å². The third kappa shape index (κ3) is 6.79. The highest BCUT2D eigenvalue weighted by atomic mass is 35.5. The molecule has 1 aliphatic rings. The predicted octanol–water partition coefficient (Wildman–Crippen LogP) is 7.54. The van der Waals surface area contributed by atoms with E-state index in [1.54, 1.807) is 51.1 Å². The van der Waals surface area contributed by atoms with E-state index in [1.807, 2.05) is 0 Å². The summed E-state index contributed by atoms with van der Waals surface area (Å²) in [4.78, 5) is 30.2. The molecule has 0 unspecified atom stereocenters. The van der Waals surface area contributed by atoms with Crippen molar-refractivity contribution in [1.82, 2.24) is 15.2 Å². The van der Waals surface area contributed by atoms with E-state index in [9.17, 15) is 9.59 Å². The summed E-state index contributed by atoms with van der Waals surface area (Å²) in [5.41, 5.74) is 1.61. The largest absolute Gasteiger partial charge is 0.496 e. The Morgan fingerprint density at radius 3 is 2.48 bits per heavy atom. The van der Waals surface area contributed by atoms with Gasteiger partial charge in [-0.25, -0.2) is 14.2 Å². The molecule has 3 aromatic rings. The molecule has 2 amide bonds. The molecule has 40 heavy (non-hydrogen) atoms. The molecule has 0 aliphatic carbocycles. The number of aromatic nitrogens is 1. The highest BCUT2D eigenvalue weighted by molar-refractivity contribution is 6.43. The molecular weight excluding hydrogens is 580 g/mol. The van der Waals surface area contributed by atoms with E-state index in [0.717, 1.165) is 0 Å². The minimum absolute atomic E-state index is 0.0864. The summed E-state index contributed by atoms with van der Waals surface area (Å²) in [7, 11) is 1.42. The number of carbonyl (C=O) groups is 2. The Bertz CT molecular complexity index is 1440. The van der Waals surface area contributed by atoms with Crippen LogP contribution in [0.25, 0.3) is 22.3 Å². The normalized spacial score (nSPS) is 15.1. The number of halogens is 4. The lowest BCUT2D eigenvalue weighted by atomic mass is 9.97. The van der Waals surface area contributed by atoms with Gasteiger partial charge in [-0.3, -0.25) is 4.79 Å². The lowest BCUT2D eigenvalue weighted by Crippen LogP contribution is -2.44. The Hall–Kier alpha value is -3.07. The van der Waals surface area contributed by atoms with Crippen LogP contribution in [0.3, 0.4) is 0 Å². The van der Waals surface area contributed by atoms with E-state index in [2.05, 4.69) is 10.3 Å². The van der Waals surface area contributed by atoms with Crippen LogP contribution in [-0.4, -0.2) is 47.2 Å². The molecule has 0 bridgehead atoms. The van der Waals surface area contributed by atoms with Gasteiger partial charge in [0.2, 0.25) is 5.91 Å². The first kappa shape index (κ1) is 29.9. The summed E-state index contributed by atoms with van der Waals surface area (Å²) in [6, 6.07) is 9.76. The average Bonchev–Trinajstić information content (AvgIpc) is 3.30. The van der Waals surface area contributed by atoms with Gasteiger partial charge in [0.15, 0.2) is 0 Å². The van der Waals surface area contributed by atoms with Crippen LogP contribution in [0.4, 0.5) is 9.18 Å². The van der Waals surface area contributed by atoms with Crippen LogP contribution < -0.4 is 10.1 Å². The van der Waals surface area contributed by atoms with Crippen LogP contribution in [0.1, 0.15) is 39.2 Å². The van der Waals surface area contributed by atoms with Crippen LogP contribution >= 0.6 is 34.8 Å². The highest BCUT2D eigenvalue weighted by Gasteiger charge is 2.30. The summed E-state index contributed by atoms with van der Waals surface area (Å²) in [6.07, 6.45) is 1.84. The Balaban J connectivity index is 1.70. The predicted molar refractivity (Wildman–Crippen MR) is 154 cm³/mol. The zero-order chi connectivity index (χ0) is 29.2. The van der Waals surface area contributed by atoms with Crippen LogP contribution in [0, 0.1) is 5.82 Å². The topological polar surface area (TPSA) is 80.8 Å². The third-order valence-electron chi connectivity index (χ3n) is 6.35. The van der Waals surface area contributed by atoms with Crippen molar-refractivity contribution in [2.24, 2.45) is 0 Å². The molecule has 1 fully saturated rings.